The maximum absolute atomic E-state index is 11.5. The molecule has 0 radical (unpaired) electrons. The third kappa shape index (κ3) is 2.44. The van der Waals surface area contributed by atoms with Crippen LogP contribution >= 0.6 is 11.3 Å². The van der Waals surface area contributed by atoms with Crippen LogP contribution in [-0.2, 0) is 6.54 Å². The van der Waals surface area contributed by atoms with Gasteiger partial charge in [-0.3, -0.25) is 4.79 Å². The molecule has 0 aliphatic heterocycles. The minimum absolute atomic E-state index is 0.0842. The molecule has 78 valence electrons. The summed E-state index contributed by atoms with van der Waals surface area (Å²) in [5, 5.41) is 8.35. The molecule has 0 unspecified atom stereocenters. The van der Waals surface area contributed by atoms with Crippen molar-refractivity contribution in [3.05, 3.63) is 39.9 Å². The van der Waals surface area contributed by atoms with Crippen molar-refractivity contribution in [2.45, 2.75) is 13.5 Å². The fraction of sp³-hybridized carbons (Fsp3) is 0.200. The SMILES string of the molecule is Cc1cc(CNC(=O)c2cccs2)on1. The standard InChI is InChI=1S/C10H10N2O2S/c1-7-5-8(14-12-7)6-11-10(13)9-3-2-4-15-9/h2-5H,6H2,1H3,(H,11,13). The molecule has 2 aromatic rings. The third-order valence-corrected chi connectivity index (χ3v) is 2.71. The highest BCUT2D eigenvalue weighted by atomic mass is 32.1. The highest BCUT2D eigenvalue weighted by Crippen LogP contribution is 2.08. The molecule has 1 N–H and O–H groups in total. The van der Waals surface area contributed by atoms with Crippen LogP contribution in [0.4, 0.5) is 0 Å². The average molecular weight is 222 g/mol. The number of hydrogen-bond donors (Lipinski definition) is 1. The number of carbonyl (C=O) groups is 1. The van der Waals surface area contributed by atoms with E-state index in [-0.39, 0.29) is 5.91 Å². The van der Waals surface area contributed by atoms with E-state index in [1.165, 1.54) is 11.3 Å². The first-order valence-corrected chi connectivity index (χ1v) is 5.37. The summed E-state index contributed by atoms with van der Waals surface area (Å²) >= 11 is 1.41. The molecule has 0 aromatic carbocycles. The van der Waals surface area contributed by atoms with Gasteiger partial charge in [-0.2, -0.15) is 0 Å². The molecule has 0 saturated heterocycles. The van der Waals surface area contributed by atoms with Gasteiger partial charge in [-0.25, -0.2) is 0 Å². The molecule has 15 heavy (non-hydrogen) atoms. The largest absolute Gasteiger partial charge is 0.359 e. The van der Waals surface area contributed by atoms with Crippen LogP contribution in [0.15, 0.2) is 28.1 Å². The van der Waals surface area contributed by atoms with Gasteiger partial charge in [0, 0.05) is 6.07 Å². The Morgan fingerprint density at radius 2 is 2.53 bits per heavy atom. The van der Waals surface area contributed by atoms with E-state index in [1.807, 2.05) is 18.4 Å². The number of nitrogens with zero attached hydrogens (tertiary/aromatic N) is 1. The molecule has 0 saturated carbocycles. The number of aromatic nitrogens is 1. The zero-order valence-electron chi connectivity index (χ0n) is 8.19. The molecular formula is C10H10N2O2S. The van der Waals surface area contributed by atoms with E-state index >= 15 is 0 Å². The zero-order chi connectivity index (χ0) is 10.7. The quantitative estimate of drug-likeness (QED) is 0.863. The first-order chi connectivity index (χ1) is 7.25. The molecule has 0 atom stereocenters. The molecule has 5 heteroatoms. The minimum atomic E-state index is -0.0842. The monoisotopic (exact) mass is 222 g/mol. The number of hydrogen-bond acceptors (Lipinski definition) is 4. The molecule has 1 amide bonds. The second kappa shape index (κ2) is 4.27. The van der Waals surface area contributed by atoms with Gasteiger partial charge in [0.15, 0.2) is 5.76 Å². The summed E-state index contributed by atoms with van der Waals surface area (Å²) in [5.41, 5.74) is 0.815. The number of aryl methyl sites for hydroxylation is 1. The third-order valence-electron chi connectivity index (χ3n) is 1.84. The molecule has 0 aliphatic carbocycles. The number of carbonyl (C=O) groups excluding carboxylic acids is 1. The number of nitrogens with one attached hydrogen (secondary N) is 1. The molecule has 0 spiro atoms. The Kier molecular flexibility index (Phi) is 2.82. The van der Waals surface area contributed by atoms with Gasteiger partial charge >= 0.3 is 0 Å². The van der Waals surface area contributed by atoms with Crippen molar-refractivity contribution in [1.82, 2.24) is 10.5 Å². The predicted octanol–water partition coefficient (Wildman–Crippen LogP) is 1.97. The second-order valence-corrected chi connectivity index (χ2v) is 4.04. The summed E-state index contributed by atoms with van der Waals surface area (Å²) in [7, 11) is 0. The lowest BCUT2D eigenvalue weighted by Gasteiger charge is -1.98. The molecule has 4 nitrogen and oxygen atoms in total. The smallest absolute Gasteiger partial charge is 0.261 e. The van der Waals surface area contributed by atoms with Crippen LogP contribution in [0.5, 0.6) is 0 Å². The van der Waals surface area contributed by atoms with Gasteiger partial charge in [0.2, 0.25) is 0 Å². The molecule has 2 heterocycles. The Morgan fingerprint density at radius 3 is 3.13 bits per heavy atom. The predicted molar refractivity (Wildman–Crippen MR) is 56.7 cm³/mol. The van der Waals surface area contributed by atoms with Crippen molar-refractivity contribution in [1.29, 1.82) is 0 Å². The fourth-order valence-electron chi connectivity index (χ4n) is 1.16. The highest BCUT2D eigenvalue weighted by Gasteiger charge is 2.07. The van der Waals surface area contributed by atoms with Crippen molar-refractivity contribution in [2.24, 2.45) is 0 Å². The van der Waals surface area contributed by atoms with E-state index in [0.717, 1.165) is 5.69 Å². The summed E-state index contributed by atoms with van der Waals surface area (Å²) in [6, 6.07) is 5.43. The maximum atomic E-state index is 11.5. The highest BCUT2D eigenvalue weighted by molar-refractivity contribution is 7.12. The summed E-state index contributed by atoms with van der Waals surface area (Å²) < 4.78 is 4.97. The van der Waals surface area contributed by atoms with Gasteiger partial charge < -0.3 is 9.84 Å². The number of thiophene rings is 1. The zero-order valence-corrected chi connectivity index (χ0v) is 9.00. The topological polar surface area (TPSA) is 55.1 Å². The van der Waals surface area contributed by atoms with Gasteiger partial charge in [0.25, 0.3) is 5.91 Å². The first-order valence-electron chi connectivity index (χ1n) is 4.49. The Morgan fingerprint density at radius 1 is 1.67 bits per heavy atom. The van der Waals surface area contributed by atoms with E-state index < -0.39 is 0 Å². The molecule has 0 aliphatic rings. The minimum Gasteiger partial charge on any atom is -0.359 e. The maximum Gasteiger partial charge on any atom is 0.261 e. The molecular weight excluding hydrogens is 212 g/mol. The van der Waals surface area contributed by atoms with Gasteiger partial charge in [0.05, 0.1) is 17.1 Å². The van der Waals surface area contributed by atoms with Crippen LogP contribution < -0.4 is 5.32 Å². The van der Waals surface area contributed by atoms with E-state index in [9.17, 15) is 4.79 Å². The Bertz CT molecular complexity index is 448. The Labute approximate surface area is 90.9 Å². The lowest BCUT2D eigenvalue weighted by molar-refractivity contribution is 0.0951. The summed E-state index contributed by atoms with van der Waals surface area (Å²) in [4.78, 5) is 12.2. The molecule has 0 bridgehead atoms. The van der Waals surface area contributed by atoms with Gasteiger partial charge in [-0.15, -0.1) is 11.3 Å². The normalized spacial score (nSPS) is 10.2. The van der Waals surface area contributed by atoms with Crippen molar-refractivity contribution < 1.29 is 9.32 Å². The van der Waals surface area contributed by atoms with E-state index in [2.05, 4.69) is 10.5 Å². The van der Waals surface area contributed by atoms with Crippen molar-refractivity contribution in [3.8, 4) is 0 Å². The lowest BCUT2D eigenvalue weighted by atomic mass is 10.3. The second-order valence-electron chi connectivity index (χ2n) is 3.09. The average Bonchev–Trinajstić information content (AvgIpc) is 2.84. The Balaban J connectivity index is 1.91. The van der Waals surface area contributed by atoms with E-state index in [0.29, 0.717) is 17.2 Å². The first kappa shape index (κ1) is 9.92. The van der Waals surface area contributed by atoms with Gasteiger partial charge in [-0.1, -0.05) is 11.2 Å². The molecule has 0 fully saturated rings. The lowest BCUT2D eigenvalue weighted by Crippen LogP contribution is -2.21. The van der Waals surface area contributed by atoms with Crippen molar-refractivity contribution >= 4 is 17.2 Å². The van der Waals surface area contributed by atoms with Crippen LogP contribution in [0.25, 0.3) is 0 Å². The van der Waals surface area contributed by atoms with Crippen LogP contribution in [-0.4, -0.2) is 11.1 Å². The van der Waals surface area contributed by atoms with E-state index in [1.54, 1.807) is 12.1 Å². The van der Waals surface area contributed by atoms with Crippen LogP contribution in [0.3, 0.4) is 0 Å². The summed E-state index contributed by atoms with van der Waals surface area (Å²) in [6.07, 6.45) is 0. The molecule has 2 aromatic heterocycles. The van der Waals surface area contributed by atoms with Crippen molar-refractivity contribution in [3.63, 3.8) is 0 Å². The summed E-state index contributed by atoms with van der Waals surface area (Å²) in [5.74, 6) is 0.580. The number of rotatable bonds is 3. The van der Waals surface area contributed by atoms with Crippen LogP contribution in [0.2, 0.25) is 0 Å². The van der Waals surface area contributed by atoms with E-state index in [4.69, 9.17) is 4.52 Å². The fourth-order valence-corrected chi connectivity index (χ4v) is 1.80. The van der Waals surface area contributed by atoms with Gasteiger partial charge in [-0.05, 0) is 18.4 Å². The van der Waals surface area contributed by atoms with Gasteiger partial charge in [0.1, 0.15) is 0 Å². The molecule has 2 rings (SSSR count). The Hall–Kier alpha value is -1.62. The number of amides is 1. The van der Waals surface area contributed by atoms with Crippen molar-refractivity contribution in [2.75, 3.05) is 0 Å². The van der Waals surface area contributed by atoms with Crippen LogP contribution in [0, 0.1) is 6.92 Å². The van der Waals surface area contributed by atoms with Crippen LogP contribution in [0.1, 0.15) is 21.1 Å². The summed E-state index contributed by atoms with van der Waals surface area (Å²) in [6.45, 7) is 2.21.